The van der Waals surface area contributed by atoms with Gasteiger partial charge < -0.3 is 9.47 Å². The Morgan fingerprint density at radius 1 is 0.652 bits per heavy atom. The van der Waals surface area contributed by atoms with Gasteiger partial charge in [-0.15, -0.1) is 0 Å². The van der Waals surface area contributed by atoms with Crippen LogP contribution < -0.4 is 0 Å². The Morgan fingerprint density at radius 2 is 1.48 bits per heavy atom. The van der Waals surface area contributed by atoms with Crippen molar-refractivity contribution in [1.29, 1.82) is 0 Å². The number of rotatable bonds is 3. The lowest BCUT2D eigenvalue weighted by atomic mass is 9.82. The van der Waals surface area contributed by atoms with Crippen LogP contribution in [-0.4, -0.2) is 74.0 Å². The molecule has 4 fully saturated rings. The van der Waals surface area contributed by atoms with E-state index in [1.165, 1.54) is 71.0 Å². The average Bonchev–Trinajstić information content (AvgIpc) is 3.17. The summed E-state index contributed by atoms with van der Waals surface area (Å²) in [6.45, 7) is 7.82. The van der Waals surface area contributed by atoms with E-state index in [9.17, 15) is 0 Å². The maximum Gasteiger partial charge on any atom is 0.0622 e. The third-order valence-electron chi connectivity index (χ3n) is 6.74. The van der Waals surface area contributed by atoms with Gasteiger partial charge in [0.05, 0.1) is 13.2 Å². The molecule has 0 aliphatic carbocycles. The van der Waals surface area contributed by atoms with Gasteiger partial charge in [0.2, 0.25) is 0 Å². The van der Waals surface area contributed by atoms with Gasteiger partial charge in [-0.3, -0.25) is 9.80 Å². The van der Waals surface area contributed by atoms with Gasteiger partial charge in [-0.1, -0.05) is 6.42 Å². The molecule has 3 atom stereocenters. The van der Waals surface area contributed by atoms with Crippen LogP contribution in [0.2, 0.25) is 0 Å². The maximum absolute atomic E-state index is 5.79. The van der Waals surface area contributed by atoms with E-state index < -0.39 is 0 Å². The molecule has 0 radical (unpaired) electrons. The third kappa shape index (κ3) is 3.76. The predicted molar refractivity (Wildman–Crippen MR) is 91.7 cm³/mol. The Morgan fingerprint density at radius 3 is 2.22 bits per heavy atom. The lowest BCUT2D eigenvalue weighted by Crippen LogP contribution is -2.54. The highest BCUT2D eigenvalue weighted by Gasteiger charge is 2.37. The summed E-state index contributed by atoms with van der Waals surface area (Å²) in [7, 11) is 0. The molecule has 0 amide bonds. The third-order valence-corrected chi connectivity index (χ3v) is 6.74. The van der Waals surface area contributed by atoms with E-state index in [0.29, 0.717) is 12.1 Å². The van der Waals surface area contributed by atoms with E-state index >= 15 is 0 Å². The molecule has 0 aromatic carbocycles. The van der Waals surface area contributed by atoms with Crippen molar-refractivity contribution < 1.29 is 9.47 Å². The topological polar surface area (TPSA) is 24.9 Å². The van der Waals surface area contributed by atoms with Gasteiger partial charge in [-0.05, 0) is 70.5 Å². The van der Waals surface area contributed by atoms with Crippen LogP contribution in [0.5, 0.6) is 0 Å². The highest BCUT2D eigenvalue weighted by Crippen LogP contribution is 2.34. The minimum absolute atomic E-state index is 0.704. The first-order chi connectivity index (χ1) is 11.4. The number of ether oxygens (including phenoxy) is 2. The van der Waals surface area contributed by atoms with E-state index in [-0.39, 0.29) is 0 Å². The molecular weight excluding hydrogens is 288 g/mol. The second kappa shape index (κ2) is 7.81. The summed E-state index contributed by atoms with van der Waals surface area (Å²) in [6, 6.07) is 2.25. The number of hydrogen-bond donors (Lipinski definition) is 0. The van der Waals surface area contributed by atoms with Crippen LogP contribution in [0.25, 0.3) is 0 Å². The molecule has 4 heteroatoms. The summed E-state index contributed by atoms with van der Waals surface area (Å²) in [6.07, 6.45) is 10.9. The molecule has 0 saturated carbocycles. The minimum atomic E-state index is 0.704. The number of nitrogens with zero attached hydrogens (tertiary/aromatic N) is 2. The van der Waals surface area contributed by atoms with Crippen molar-refractivity contribution >= 4 is 0 Å². The molecule has 0 spiro atoms. The van der Waals surface area contributed by atoms with Crippen LogP contribution in [0.4, 0.5) is 0 Å². The summed E-state index contributed by atoms with van der Waals surface area (Å²) in [4.78, 5) is 5.57. The largest absolute Gasteiger partial charge is 0.380 e. The van der Waals surface area contributed by atoms with Crippen molar-refractivity contribution in [3.05, 3.63) is 0 Å². The van der Waals surface area contributed by atoms with Crippen LogP contribution in [-0.2, 0) is 9.47 Å². The van der Waals surface area contributed by atoms with Crippen molar-refractivity contribution in [2.24, 2.45) is 5.92 Å². The first-order valence-corrected chi connectivity index (χ1v) is 10.1. The molecule has 4 aliphatic heterocycles. The quantitative estimate of drug-likeness (QED) is 0.797. The molecule has 4 aliphatic rings. The number of hydrogen-bond acceptors (Lipinski definition) is 4. The summed E-state index contributed by atoms with van der Waals surface area (Å²) < 4.78 is 11.4. The number of likely N-dealkylation sites (tertiary alicyclic amines) is 2. The standard InChI is InChI=1S/C19H34N2O2/c1-2-9-21(18-4-3-12-22-15-18)19(5-1)16-6-10-20(11-7-16)17-8-13-23-14-17/h16-19H,1-15H2. The predicted octanol–water partition coefficient (Wildman–Crippen LogP) is 2.52. The van der Waals surface area contributed by atoms with Crippen LogP contribution >= 0.6 is 0 Å². The van der Waals surface area contributed by atoms with Crippen molar-refractivity contribution in [3.63, 3.8) is 0 Å². The van der Waals surface area contributed by atoms with Crippen molar-refractivity contribution in [1.82, 2.24) is 9.80 Å². The van der Waals surface area contributed by atoms with Gasteiger partial charge >= 0.3 is 0 Å². The maximum atomic E-state index is 5.79. The summed E-state index contributed by atoms with van der Waals surface area (Å²) >= 11 is 0. The van der Waals surface area contributed by atoms with Gasteiger partial charge in [0.15, 0.2) is 0 Å². The fourth-order valence-corrected chi connectivity index (χ4v) is 5.40. The van der Waals surface area contributed by atoms with Crippen molar-refractivity contribution in [2.75, 3.05) is 46.1 Å². The van der Waals surface area contributed by atoms with E-state index in [2.05, 4.69) is 9.80 Å². The van der Waals surface area contributed by atoms with E-state index in [4.69, 9.17) is 9.47 Å². The molecule has 0 aromatic rings. The van der Waals surface area contributed by atoms with Gasteiger partial charge in [-0.2, -0.15) is 0 Å². The normalized spacial score (nSPS) is 38.9. The smallest absolute Gasteiger partial charge is 0.0622 e. The van der Waals surface area contributed by atoms with Crippen LogP contribution in [0.1, 0.15) is 51.4 Å². The SMILES string of the molecule is C1COCC(N2CCCCC2C2CCN(C3CCOC3)CC2)C1. The van der Waals surface area contributed by atoms with Gasteiger partial charge in [0, 0.05) is 31.3 Å². The Kier molecular flexibility index (Phi) is 5.54. The molecule has 0 aromatic heterocycles. The molecule has 4 saturated heterocycles. The summed E-state index contributed by atoms with van der Waals surface area (Å²) in [5.74, 6) is 0.913. The zero-order chi connectivity index (χ0) is 15.5. The molecular formula is C19H34N2O2. The fourth-order valence-electron chi connectivity index (χ4n) is 5.40. The lowest BCUT2D eigenvalue weighted by molar-refractivity contribution is -0.0353. The van der Waals surface area contributed by atoms with Gasteiger partial charge in [-0.25, -0.2) is 0 Å². The fraction of sp³-hybridized carbons (Fsp3) is 1.00. The Hall–Kier alpha value is -0.160. The average molecular weight is 322 g/mol. The van der Waals surface area contributed by atoms with E-state index in [1.807, 2.05) is 0 Å². The summed E-state index contributed by atoms with van der Waals surface area (Å²) in [5, 5.41) is 0. The van der Waals surface area contributed by atoms with Gasteiger partial charge in [0.1, 0.15) is 0 Å². The Balaban J connectivity index is 1.34. The molecule has 4 nitrogen and oxygen atoms in total. The molecule has 0 N–H and O–H groups in total. The summed E-state index contributed by atoms with van der Waals surface area (Å²) in [5.41, 5.74) is 0. The second-order valence-corrected chi connectivity index (χ2v) is 8.06. The van der Waals surface area contributed by atoms with Crippen LogP contribution in [0, 0.1) is 5.92 Å². The van der Waals surface area contributed by atoms with Gasteiger partial charge in [0.25, 0.3) is 0 Å². The first kappa shape index (κ1) is 16.3. The zero-order valence-electron chi connectivity index (χ0n) is 14.6. The molecule has 0 bridgehead atoms. The number of piperidine rings is 2. The minimum Gasteiger partial charge on any atom is -0.380 e. The van der Waals surface area contributed by atoms with Crippen molar-refractivity contribution in [2.45, 2.75) is 69.5 Å². The highest BCUT2D eigenvalue weighted by atomic mass is 16.5. The zero-order valence-corrected chi connectivity index (χ0v) is 14.6. The lowest BCUT2D eigenvalue weighted by Gasteiger charge is -2.48. The Bertz CT molecular complexity index is 358. The second-order valence-electron chi connectivity index (χ2n) is 8.06. The molecule has 4 heterocycles. The first-order valence-electron chi connectivity index (χ1n) is 10.1. The monoisotopic (exact) mass is 322 g/mol. The molecule has 132 valence electrons. The molecule has 23 heavy (non-hydrogen) atoms. The highest BCUT2D eigenvalue weighted by molar-refractivity contribution is 4.91. The Labute approximate surface area is 141 Å². The van der Waals surface area contributed by atoms with E-state index in [1.54, 1.807) is 0 Å². The van der Waals surface area contributed by atoms with Crippen molar-refractivity contribution in [3.8, 4) is 0 Å². The van der Waals surface area contributed by atoms with Crippen LogP contribution in [0.3, 0.4) is 0 Å². The molecule has 3 unspecified atom stereocenters. The molecule has 4 rings (SSSR count). The van der Waals surface area contributed by atoms with E-state index in [0.717, 1.165) is 38.4 Å². The van der Waals surface area contributed by atoms with Crippen LogP contribution in [0.15, 0.2) is 0 Å².